The minimum absolute atomic E-state index is 0.105. The van der Waals surface area contributed by atoms with Gasteiger partial charge in [0.1, 0.15) is 5.78 Å². The molecule has 2 heteroatoms. The first-order valence-electron chi connectivity index (χ1n) is 3.99. The van der Waals surface area contributed by atoms with E-state index in [2.05, 4.69) is 15.9 Å². The lowest BCUT2D eigenvalue weighted by Gasteiger charge is -2.01. The molecule has 0 aliphatic heterocycles. The Morgan fingerprint density at radius 2 is 2.25 bits per heavy atom. The molecule has 62 valence electrons. The smallest absolute Gasteiger partial charge is 0.144 e. The zero-order valence-corrected chi connectivity index (χ0v) is 8.39. The summed E-state index contributed by atoms with van der Waals surface area (Å²) < 4.78 is 1.06. The molecule has 0 aromatic heterocycles. The van der Waals surface area contributed by atoms with Gasteiger partial charge in [0, 0.05) is 16.8 Å². The molecule has 1 atom stereocenters. The van der Waals surface area contributed by atoms with Crippen molar-refractivity contribution >= 4 is 21.7 Å². The highest BCUT2D eigenvalue weighted by Gasteiger charge is 2.26. The molecule has 0 saturated heterocycles. The van der Waals surface area contributed by atoms with Gasteiger partial charge in [0.2, 0.25) is 0 Å². The highest BCUT2D eigenvalue weighted by Crippen LogP contribution is 2.31. The summed E-state index contributed by atoms with van der Waals surface area (Å²) in [5.41, 5.74) is 2.38. The van der Waals surface area contributed by atoms with Gasteiger partial charge in [-0.3, -0.25) is 4.79 Å². The summed E-state index contributed by atoms with van der Waals surface area (Å²) in [6.07, 6.45) is 0.607. The van der Waals surface area contributed by atoms with E-state index in [1.165, 1.54) is 11.1 Å². The van der Waals surface area contributed by atoms with E-state index in [1.807, 2.05) is 25.1 Å². The molecule has 0 heterocycles. The van der Waals surface area contributed by atoms with Crippen LogP contribution in [0.2, 0.25) is 0 Å². The highest BCUT2D eigenvalue weighted by atomic mass is 79.9. The molecular formula is C10H9BrO. The van der Waals surface area contributed by atoms with Crippen LogP contribution < -0.4 is 0 Å². The lowest BCUT2D eigenvalue weighted by atomic mass is 10.0. The summed E-state index contributed by atoms with van der Waals surface area (Å²) in [6.45, 7) is 1.97. The van der Waals surface area contributed by atoms with Crippen molar-refractivity contribution in [3.63, 3.8) is 0 Å². The maximum atomic E-state index is 11.3. The van der Waals surface area contributed by atoms with Crippen LogP contribution in [0.4, 0.5) is 0 Å². The van der Waals surface area contributed by atoms with E-state index in [9.17, 15) is 4.79 Å². The fraction of sp³-hybridized carbons (Fsp3) is 0.300. The first-order valence-corrected chi connectivity index (χ1v) is 4.79. The minimum atomic E-state index is 0.105. The van der Waals surface area contributed by atoms with E-state index in [1.54, 1.807) is 0 Å². The number of rotatable bonds is 0. The van der Waals surface area contributed by atoms with Crippen LogP contribution in [0.3, 0.4) is 0 Å². The van der Waals surface area contributed by atoms with Crippen molar-refractivity contribution in [2.75, 3.05) is 0 Å². The average Bonchev–Trinajstić information content (AvgIpc) is 2.28. The first-order chi connectivity index (χ1) is 5.68. The molecular weight excluding hydrogens is 216 g/mol. The maximum Gasteiger partial charge on any atom is 0.144 e. The Morgan fingerprint density at radius 3 is 3.00 bits per heavy atom. The second kappa shape index (κ2) is 2.70. The van der Waals surface area contributed by atoms with Crippen molar-refractivity contribution < 1.29 is 4.79 Å². The SMILES string of the molecule is CC1C(=O)Cc2cc(Br)ccc21. The van der Waals surface area contributed by atoms with Crippen LogP contribution in [0.25, 0.3) is 0 Å². The molecule has 0 spiro atoms. The average molecular weight is 225 g/mol. The molecule has 1 nitrogen and oxygen atoms in total. The molecule has 0 radical (unpaired) electrons. The van der Waals surface area contributed by atoms with E-state index in [-0.39, 0.29) is 5.92 Å². The summed E-state index contributed by atoms with van der Waals surface area (Å²) in [4.78, 5) is 11.3. The van der Waals surface area contributed by atoms with E-state index in [0.717, 1.165) is 4.47 Å². The van der Waals surface area contributed by atoms with Gasteiger partial charge in [-0.05, 0) is 23.3 Å². The van der Waals surface area contributed by atoms with Crippen molar-refractivity contribution in [3.05, 3.63) is 33.8 Å². The molecule has 0 fully saturated rings. The fourth-order valence-corrected chi connectivity index (χ4v) is 2.07. The Kier molecular flexibility index (Phi) is 1.80. The van der Waals surface area contributed by atoms with Gasteiger partial charge < -0.3 is 0 Å². The topological polar surface area (TPSA) is 17.1 Å². The lowest BCUT2D eigenvalue weighted by molar-refractivity contribution is -0.118. The Labute approximate surface area is 79.9 Å². The number of ketones is 1. The normalized spacial score (nSPS) is 21.2. The number of fused-ring (bicyclic) bond motifs is 1. The Hall–Kier alpha value is -0.630. The van der Waals surface area contributed by atoms with Crippen LogP contribution in [0.15, 0.2) is 22.7 Å². The van der Waals surface area contributed by atoms with Gasteiger partial charge in [-0.15, -0.1) is 0 Å². The van der Waals surface area contributed by atoms with Crippen molar-refractivity contribution in [2.24, 2.45) is 0 Å². The van der Waals surface area contributed by atoms with Crippen molar-refractivity contribution in [2.45, 2.75) is 19.3 Å². The Morgan fingerprint density at radius 1 is 1.50 bits per heavy atom. The van der Waals surface area contributed by atoms with Crippen molar-refractivity contribution in [1.82, 2.24) is 0 Å². The summed E-state index contributed by atoms with van der Waals surface area (Å²) >= 11 is 3.39. The molecule has 0 saturated carbocycles. The van der Waals surface area contributed by atoms with Gasteiger partial charge >= 0.3 is 0 Å². The molecule has 2 rings (SSSR count). The summed E-state index contributed by atoms with van der Waals surface area (Å²) in [6, 6.07) is 6.07. The highest BCUT2D eigenvalue weighted by molar-refractivity contribution is 9.10. The van der Waals surface area contributed by atoms with Gasteiger partial charge in [-0.1, -0.05) is 28.9 Å². The number of carbonyl (C=O) groups excluding carboxylic acids is 1. The van der Waals surface area contributed by atoms with Gasteiger partial charge in [-0.2, -0.15) is 0 Å². The summed E-state index contributed by atoms with van der Waals surface area (Å²) in [7, 11) is 0. The first kappa shape index (κ1) is 7.99. The van der Waals surface area contributed by atoms with Crippen LogP contribution in [-0.4, -0.2) is 5.78 Å². The summed E-state index contributed by atoms with van der Waals surface area (Å²) in [5.74, 6) is 0.441. The van der Waals surface area contributed by atoms with Gasteiger partial charge in [0.05, 0.1) is 0 Å². The molecule has 1 unspecified atom stereocenters. The largest absolute Gasteiger partial charge is 0.299 e. The van der Waals surface area contributed by atoms with Gasteiger partial charge in [0.25, 0.3) is 0 Å². The molecule has 1 aromatic rings. The lowest BCUT2D eigenvalue weighted by Crippen LogP contribution is -2.00. The Balaban J connectivity index is 2.54. The number of Topliss-reactive ketones (excluding diaryl/α,β-unsaturated/α-hetero) is 1. The van der Waals surface area contributed by atoms with Gasteiger partial charge in [0.15, 0.2) is 0 Å². The maximum absolute atomic E-state index is 11.3. The van der Waals surface area contributed by atoms with Crippen molar-refractivity contribution in [3.8, 4) is 0 Å². The molecule has 0 amide bonds. The van der Waals surface area contributed by atoms with Crippen LogP contribution in [-0.2, 0) is 11.2 Å². The third kappa shape index (κ3) is 1.11. The van der Waals surface area contributed by atoms with Crippen molar-refractivity contribution in [1.29, 1.82) is 0 Å². The molecule has 0 bridgehead atoms. The molecule has 1 aliphatic carbocycles. The molecule has 1 aromatic carbocycles. The second-order valence-corrected chi connectivity index (χ2v) is 4.12. The number of carbonyl (C=O) groups is 1. The third-order valence-corrected chi connectivity index (χ3v) is 2.91. The number of benzene rings is 1. The van der Waals surface area contributed by atoms with E-state index >= 15 is 0 Å². The number of hydrogen-bond acceptors (Lipinski definition) is 1. The van der Waals surface area contributed by atoms with E-state index in [4.69, 9.17) is 0 Å². The van der Waals surface area contributed by atoms with E-state index in [0.29, 0.717) is 12.2 Å². The standard InChI is InChI=1S/C10H9BrO/c1-6-9-3-2-8(11)4-7(9)5-10(6)12/h2-4,6H,5H2,1H3. The molecule has 0 N–H and O–H groups in total. The predicted molar refractivity (Wildman–Crippen MR) is 51.3 cm³/mol. The van der Waals surface area contributed by atoms with Crippen LogP contribution in [0.5, 0.6) is 0 Å². The third-order valence-electron chi connectivity index (χ3n) is 2.42. The zero-order chi connectivity index (χ0) is 8.72. The van der Waals surface area contributed by atoms with E-state index < -0.39 is 0 Å². The van der Waals surface area contributed by atoms with Crippen LogP contribution >= 0.6 is 15.9 Å². The summed E-state index contributed by atoms with van der Waals surface area (Å²) in [5, 5.41) is 0. The fourth-order valence-electron chi connectivity index (χ4n) is 1.66. The quantitative estimate of drug-likeness (QED) is 0.663. The van der Waals surface area contributed by atoms with Crippen LogP contribution in [0.1, 0.15) is 24.0 Å². The molecule has 1 aliphatic rings. The van der Waals surface area contributed by atoms with Gasteiger partial charge in [-0.25, -0.2) is 0 Å². The minimum Gasteiger partial charge on any atom is -0.299 e. The second-order valence-electron chi connectivity index (χ2n) is 3.21. The monoisotopic (exact) mass is 224 g/mol. The zero-order valence-electron chi connectivity index (χ0n) is 6.80. The number of hydrogen-bond donors (Lipinski definition) is 0. The molecule has 12 heavy (non-hydrogen) atoms. The predicted octanol–water partition coefficient (Wildman–Crippen LogP) is 2.68. The number of halogens is 1. The van der Waals surface area contributed by atoms with Crippen LogP contribution in [0, 0.1) is 0 Å². The Bertz CT molecular complexity index is 344.